The normalized spacial score (nSPS) is 19.8. The third kappa shape index (κ3) is 4.23. The Hall–Kier alpha value is -0.120. The Morgan fingerprint density at radius 3 is 2.18 bits per heavy atom. The summed E-state index contributed by atoms with van der Waals surface area (Å²) in [6, 6.07) is 0.654. The molecule has 0 aromatic rings. The molecule has 1 aliphatic heterocycles. The molecule has 1 aliphatic rings. The van der Waals surface area contributed by atoms with Crippen molar-refractivity contribution in [2.75, 3.05) is 32.8 Å². The van der Waals surface area contributed by atoms with Gasteiger partial charge in [-0.3, -0.25) is 0 Å². The lowest BCUT2D eigenvalue weighted by atomic mass is 9.83. The van der Waals surface area contributed by atoms with Crippen LogP contribution in [0.1, 0.15) is 46.5 Å². The first-order chi connectivity index (χ1) is 8.19. The second kappa shape index (κ2) is 7.34. The van der Waals surface area contributed by atoms with Gasteiger partial charge in [0.15, 0.2) is 0 Å². The van der Waals surface area contributed by atoms with Crippen molar-refractivity contribution in [1.82, 2.24) is 10.2 Å². The highest BCUT2D eigenvalue weighted by Gasteiger charge is 2.27. The highest BCUT2D eigenvalue weighted by molar-refractivity contribution is 4.83. The van der Waals surface area contributed by atoms with E-state index in [0.29, 0.717) is 12.6 Å². The zero-order valence-corrected chi connectivity index (χ0v) is 11.8. The van der Waals surface area contributed by atoms with Crippen LogP contribution in [0.15, 0.2) is 0 Å². The molecule has 3 heteroatoms. The molecule has 3 nitrogen and oxygen atoms in total. The van der Waals surface area contributed by atoms with Crippen LogP contribution in [0.3, 0.4) is 0 Å². The highest BCUT2D eigenvalue weighted by Crippen LogP contribution is 2.25. The summed E-state index contributed by atoms with van der Waals surface area (Å²) in [4.78, 5) is 2.51. The molecule has 0 spiro atoms. The Morgan fingerprint density at radius 2 is 1.76 bits per heavy atom. The van der Waals surface area contributed by atoms with Crippen molar-refractivity contribution in [2.24, 2.45) is 5.41 Å². The molecule has 0 bridgehead atoms. The average Bonchev–Trinajstić information content (AvgIpc) is 2.41. The minimum Gasteiger partial charge on any atom is -0.396 e. The summed E-state index contributed by atoms with van der Waals surface area (Å²) in [7, 11) is 0. The maximum Gasteiger partial charge on any atom is 0.0499 e. The zero-order valence-electron chi connectivity index (χ0n) is 11.8. The van der Waals surface area contributed by atoms with Gasteiger partial charge >= 0.3 is 0 Å². The van der Waals surface area contributed by atoms with E-state index >= 15 is 0 Å². The van der Waals surface area contributed by atoms with Gasteiger partial charge < -0.3 is 15.3 Å². The fraction of sp³-hybridized carbons (Fsp3) is 1.00. The second-order valence-electron chi connectivity index (χ2n) is 5.45. The van der Waals surface area contributed by atoms with Gasteiger partial charge in [0.05, 0.1) is 0 Å². The van der Waals surface area contributed by atoms with Crippen LogP contribution in [0.5, 0.6) is 0 Å². The molecular formula is C14H30N2O. The monoisotopic (exact) mass is 242 g/mol. The lowest BCUT2D eigenvalue weighted by molar-refractivity contribution is 0.103. The number of likely N-dealkylation sites (tertiary alicyclic amines) is 1. The highest BCUT2D eigenvalue weighted by atomic mass is 16.3. The van der Waals surface area contributed by atoms with Crippen molar-refractivity contribution < 1.29 is 5.11 Å². The van der Waals surface area contributed by atoms with Crippen LogP contribution in [0, 0.1) is 5.41 Å². The summed E-state index contributed by atoms with van der Waals surface area (Å²) in [5, 5.41) is 13.2. The van der Waals surface area contributed by atoms with Gasteiger partial charge in [-0.05, 0) is 45.3 Å². The van der Waals surface area contributed by atoms with Gasteiger partial charge in [0.2, 0.25) is 0 Å². The van der Waals surface area contributed by atoms with E-state index in [0.717, 1.165) is 19.4 Å². The lowest BCUT2D eigenvalue weighted by Gasteiger charge is -2.35. The van der Waals surface area contributed by atoms with E-state index in [4.69, 9.17) is 0 Å². The number of aliphatic hydroxyl groups is 1. The van der Waals surface area contributed by atoms with Gasteiger partial charge in [0, 0.05) is 24.6 Å². The van der Waals surface area contributed by atoms with Crippen molar-refractivity contribution in [2.45, 2.75) is 52.5 Å². The predicted molar refractivity (Wildman–Crippen MR) is 73.2 cm³/mol. The molecule has 0 atom stereocenters. The number of hydrogen-bond acceptors (Lipinski definition) is 3. The van der Waals surface area contributed by atoms with E-state index in [2.05, 4.69) is 31.0 Å². The fourth-order valence-corrected chi connectivity index (χ4v) is 2.59. The standard InChI is InChI=1S/C14H30N2O/c1-4-14(5-2,12-17)11-15-13-7-9-16(6-3)10-8-13/h13,15,17H,4-12H2,1-3H3. The van der Waals surface area contributed by atoms with Crippen LogP contribution in [-0.2, 0) is 0 Å². The predicted octanol–water partition coefficient (Wildman–Crippen LogP) is 1.86. The van der Waals surface area contributed by atoms with Crippen LogP contribution in [0.4, 0.5) is 0 Å². The first kappa shape index (κ1) is 14.9. The van der Waals surface area contributed by atoms with E-state index in [1.165, 1.54) is 32.5 Å². The molecule has 0 aromatic carbocycles. The third-order valence-corrected chi connectivity index (χ3v) is 4.64. The van der Waals surface area contributed by atoms with Crippen LogP contribution in [-0.4, -0.2) is 48.8 Å². The van der Waals surface area contributed by atoms with E-state index in [-0.39, 0.29) is 5.41 Å². The number of aliphatic hydroxyl groups excluding tert-OH is 1. The Labute approximate surface area is 107 Å². The summed E-state index contributed by atoms with van der Waals surface area (Å²) in [5.41, 5.74) is 0.0991. The lowest BCUT2D eigenvalue weighted by Crippen LogP contribution is -2.46. The maximum atomic E-state index is 9.54. The first-order valence-electron chi connectivity index (χ1n) is 7.26. The number of nitrogens with one attached hydrogen (secondary N) is 1. The SMILES string of the molecule is CCN1CCC(NCC(CC)(CC)CO)CC1. The largest absolute Gasteiger partial charge is 0.396 e. The minimum absolute atomic E-state index is 0.0991. The van der Waals surface area contributed by atoms with Crippen molar-refractivity contribution in [3.05, 3.63) is 0 Å². The molecule has 1 saturated heterocycles. The molecule has 17 heavy (non-hydrogen) atoms. The van der Waals surface area contributed by atoms with Crippen molar-refractivity contribution in [3.63, 3.8) is 0 Å². The third-order valence-electron chi connectivity index (χ3n) is 4.64. The molecular weight excluding hydrogens is 212 g/mol. The van der Waals surface area contributed by atoms with Crippen LogP contribution < -0.4 is 5.32 Å². The fourth-order valence-electron chi connectivity index (χ4n) is 2.59. The number of piperidine rings is 1. The molecule has 0 unspecified atom stereocenters. The van der Waals surface area contributed by atoms with Gasteiger partial charge in [-0.25, -0.2) is 0 Å². The van der Waals surface area contributed by atoms with Gasteiger partial charge in [-0.1, -0.05) is 20.8 Å². The molecule has 2 N–H and O–H groups in total. The van der Waals surface area contributed by atoms with Crippen molar-refractivity contribution >= 4 is 0 Å². The summed E-state index contributed by atoms with van der Waals surface area (Å²) in [6.07, 6.45) is 4.62. The molecule has 0 aromatic heterocycles. The summed E-state index contributed by atoms with van der Waals surface area (Å²) < 4.78 is 0. The number of nitrogens with zero attached hydrogens (tertiary/aromatic N) is 1. The van der Waals surface area contributed by atoms with E-state index in [1.54, 1.807) is 0 Å². The van der Waals surface area contributed by atoms with Crippen LogP contribution in [0.2, 0.25) is 0 Å². The molecule has 0 aliphatic carbocycles. The summed E-state index contributed by atoms with van der Waals surface area (Å²) in [5.74, 6) is 0. The smallest absolute Gasteiger partial charge is 0.0499 e. The Morgan fingerprint density at radius 1 is 1.18 bits per heavy atom. The first-order valence-corrected chi connectivity index (χ1v) is 7.26. The summed E-state index contributed by atoms with van der Waals surface area (Å²) in [6.45, 7) is 11.5. The van der Waals surface area contributed by atoms with E-state index < -0.39 is 0 Å². The topological polar surface area (TPSA) is 35.5 Å². The Kier molecular flexibility index (Phi) is 6.45. The number of hydrogen-bond donors (Lipinski definition) is 2. The van der Waals surface area contributed by atoms with E-state index in [1.807, 2.05) is 0 Å². The Bertz CT molecular complexity index is 188. The van der Waals surface area contributed by atoms with Crippen LogP contribution in [0.25, 0.3) is 0 Å². The van der Waals surface area contributed by atoms with Crippen LogP contribution >= 0.6 is 0 Å². The minimum atomic E-state index is 0.0991. The van der Waals surface area contributed by atoms with Crippen molar-refractivity contribution in [3.8, 4) is 0 Å². The molecule has 1 rings (SSSR count). The number of rotatable bonds is 7. The molecule has 1 fully saturated rings. The average molecular weight is 242 g/mol. The Balaban J connectivity index is 2.31. The summed E-state index contributed by atoms with van der Waals surface area (Å²) >= 11 is 0. The van der Waals surface area contributed by atoms with Gasteiger partial charge in [-0.15, -0.1) is 0 Å². The maximum absolute atomic E-state index is 9.54. The molecule has 102 valence electrons. The molecule has 1 heterocycles. The zero-order chi connectivity index (χ0) is 12.7. The molecule has 0 radical (unpaired) electrons. The quantitative estimate of drug-likeness (QED) is 0.715. The van der Waals surface area contributed by atoms with Gasteiger partial charge in [0.25, 0.3) is 0 Å². The molecule has 0 saturated carbocycles. The molecule has 0 amide bonds. The van der Waals surface area contributed by atoms with E-state index in [9.17, 15) is 5.11 Å². The second-order valence-corrected chi connectivity index (χ2v) is 5.45. The van der Waals surface area contributed by atoms with Gasteiger partial charge in [0.1, 0.15) is 0 Å². The van der Waals surface area contributed by atoms with Crippen molar-refractivity contribution in [1.29, 1.82) is 0 Å². The van der Waals surface area contributed by atoms with Gasteiger partial charge in [-0.2, -0.15) is 0 Å².